The number of methoxy groups -OCH3 is 2. The first-order chi connectivity index (χ1) is 13.2. The first kappa shape index (κ1) is 16.8. The topological polar surface area (TPSA) is 40.2 Å². The van der Waals surface area contributed by atoms with Gasteiger partial charge in [-0.3, -0.25) is 4.90 Å². The maximum absolute atomic E-state index is 5.75. The van der Waals surface area contributed by atoms with E-state index in [2.05, 4.69) is 30.0 Å². The van der Waals surface area contributed by atoms with Gasteiger partial charge in [-0.1, -0.05) is 13.0 Å². The fourth-order valence-electron chi connectivity index (χ4n) is 5.07. The smallest absolute Gasteiger partial charge is 0.231 e. The summed E-state index contributed by atoms with van der Waals surface area (Å²) >= 11 is 0. The van der Waals surface area contributed by atoms with Crippen molar-refractivity contribution in [3.63, 3.8) is 0 Å². The van der Waals surface area contributed by atoms with Gasteiger partial charge in [-0.25, -0.2) is 0 Å². The van der Waals surface area contributed by atoms with Crippen molar-refractivity contribution >= 4 is 0 Å². The van der Waals surface area contributed by atoms with E-state index in [1.165, 1.54) is 22.3 Å². The van der Waals surface area contributed by atoms with Crippen LogP contribution in [-0.2, 0) is 13.0 Å². The Morgan fingerprint density at radius 3 is 2.63 bits per heavy atom. The summed E-state index contributed by atoms with van der Waals surface area (Å²) in [6.45, 7) is 4.51. The molecule has 0 N–H and O–H groups in total. The van der Waals surface area contributed by atoms with E-state index in [-0.39, 0.29) is 0 Å². The molecule has 2 aromatic rings. The van der Waals surface area contributed by atoms with Gasteiger partial charge in [0.05, 0.1) is 14.2 Å². The molecule has 2 aromatic carbocycles. The summed E-state index contributed by atoms with van der Waals surface area (Å²) < 4.78 is 22.6. The van der Waals surface area contributed by atoms with Gasteiger partial charge in [0.25, 0.3) is 0 Å². The number of hydrogen-bond acceptors (Lipinski definition) is 5. The summed E-state index contributed by atoms with van der Waals surface area (Å²) in [5.41, 5.74) is 5.42. The number of hydrogen-bond donors (Lipinski definition) is 0. The van der Waals surface area contributed by atoms with E-state index in [9.17, 15) is 0 Å². The van der Waals surface area contributed by atoms with Gasteiger partial charge in [0.15, 0.2) is 23.0 Å². The molecule has 0 spiro atoms. The number of nitrogens with zero attached hydrogens (tertiary/aromatic N) is 1. The van der Waals surface area contributed by atoms with Gasteiger partial charge >= 0.3 is 0 Å². The lowest BCUT2D eigenvalue weighted by atomic mass is 9.75. The predicted molar refractivity (Wildman–Crippen MR) is 102 cm³/mol. The van der Waals surface area contributed by atoms with Crippen molar-refractivity contribution in [2.45, 2.75) is 38.3 Å². The molecule has 3 heterocycles. The Hall–Kier alpha value is -2.40. The molecule has 0 amide bonds. The van der Waals surface area contributed by atoms with Crippen LogP contribution in [0.4, 0.5) is 0 Å². The van der Waals surface area contributed by atoms with Gasteiger partial charge in [-0.05, 0) is 47.7 Å². The van der Waals surface area contributed by atoms with Gasteiger partial charge in [0.2, 0.25) is 6.79 Å². The molecule has 5 rings (SSSR count). The average molecular weight is 367 g/mol. The third-order valence-corrected chi connectivity index (χ3v) is 6.28. The van der Waals surface area contributed by atoms with E-state index in [1.807, 2.05) is 6.07 Å². The molecular weight excluding hydrogens is 342 g/mol. The molecule has 5 heteroatoms. The van der Waals surface area contributed by atoms with Crippen LogP contribution in [0.3, 0.4) is 0 Å². The Bertz CT molecular complexity index is 894. The second-order valence-corrected chi connectivity index (χ2v) is 7.45. The van der Waals surface area contributed by atoms with Crippen LogP contribution >= 0.6 is 0 Å². The minimum atomic E-state index is 0.323. The highest BCUT2D eigenvalue weighted by atomic mass is 16.7. The van der Waals surface area contributed by atoms with Crippen LogP contribution in [0.25, 0.3) is 0 Å². The zero-order valence-electron chi connectivity index (χ0n) is 16.1. The quantitative estimate of drug-likeness (QED) is 0.819. The second-order valence-electron chi connectivity index (χ2n) is 7.45. The van der Waals surface area contributed by atoms with Crippen molar-refractivity contribution in [2.75, 3.05) is 27.6 Å². The monoisotopic (exact) mass is 367 g/mol. The van der Waals surface area contributed by atoms with Crippen LogP contribution in [0.5, 0.6) is 23.0 Å². The largest absolute Gasteiger partial charge is 0.493 e. The molecule has 0 saturated carbocycles. The fraction of sp³-hybridized carbons (Fsp3) is 0.455. The van der Waals surface area contributed by atoms with Gasteiger partial charge in [-0.2, -0.15) is 0 Å². The average Bonchev–Trinajstić information content (AvgIpc) is 3.16. The maximum Gasteiger partial charge on any atom is 0.231 e. The summed E-state index contributed by atoms with van der Waals surface area (Å²) in [7, 11) is 3.43. The fourth-order valence-corrected chi connectivity index (χ4v) is 5.07. The summed E-state index contributed by atoms with van der Waals surface area (Å²) in [4.78, 5) is 2.59. The molecule has 0 fully saturated rings. The summed E-state index contributed by atoms with van der Waals surface area (Å²) in [6.07, 6.45) is 2.10. The van der Waals surface area contributed by atoms with Gasteiger partial charge in [0.1, 0.15) is 0 Å². The molecule has 3 aliphatic rings. The van der Waals surface area contributed by atoms with E-state index in [1.54, 1.807) is 14.2 Å². The van der Waals surface area contributed by atoms with Crippen LogP contribution < -0.4 is 18.9 Å². The highest BCUT2D eigenvalue weighted by molar-refractivity contribution is 5.56. The van der Waals surface area contributed by atoms with Crippen LogP contribution in [0.15, 0.2) is 24.3 Å². The molecule has 3 aliphatic heterocycles. The van der Waals surface area contributed by atoms with E-state index in [0.29, 0.717) is 18.8 Å². The summed E-state index contributed by atoms with van der Waals surface area (Å²) in [5.74, 6) is 3.86. The van der Waals surface area contributed by atoms with E-state index < -0.39 is 0 Å². The van der Waals surface area contributed by atoms with Crippen molar-refractivity contribution in [1.29, 1.82) is 0 Å². The number of fused-ring (bicyclic) bond motifs is 5. The van der Waals surface area contributed by atoms with Gasteiger partial charge < -0.3 is 18.9 Å². The minimum Gasteiger partial charge on any atom is -0.493 e. The van der Waals surface area contributed by atoms with Crippen molar-refractivity contribution < 1.29 is 18.9 Å². The van der Waals surface area contributed by atoms with Crippen LogP contribution in [0, 0.1) is 0 Å². The molecular formula is C22H25NO4. The van der Waals surface area contributed by atoms with Crippen molar-refractivity contribution in [3.8, 4) is 23.0 Å². The molecule has 5 nitrogen and oxygen atoms in total. The van der Waals surface area contributed by atoms with Crippen LogP contribution in [0.2, 0.25) is 0 Å². The third kappa shape index (κ3) is 2.41. The Kier molecular flexibility index (Phi) is 3.93. The number of rotatable bonds is 3. The van der Waals surface area contributed by atoms with Crippen LogP contribution in [-0.4, -0.2) is 32.5 Å². The highest BCUT2D eigenvalue weighted by Crippen LogP contribution is 2.52. The Morgan fingerprint density at radius 2 is 1.89 bits per heavy atom. The Labute approximate surface area is 159 Å². The second kappa shape index (κ2) is 6.34. The SMILES string of the molecule is CC[C@H]1c2ccc(OC)c(OC)c2CN2CCc3cc4c(cc3[C@H]12)OCO4. The standard InChI is InChI=1S/C22H25NO4/c1-4-14-15-5-6-18(24-2)22(25-3)17(15)11-23-8-7-13-9-19-20(27-12-26-19)10-16(13)21(14)23/h5-6,9-10,14,21H,4,7-8,11-12H2,1-3H3/t14-,21-/m0/s1. The number of ether oxygens (including phenoxy) is 4. The minimum absolute atomic E-state index is 0.323. The van der Waals surface area contributed by atoms with Crippen molar-refractivity contribution in [2.24, 2.45) is 0 Å². The molecule has 0 aromatic heterocycles. The normalized spacial score (nSPS) is 22.6. The molecule has 0 radical (unpaired) electrons. The van der Waals surface area contributed by atoms with Crippen molar-refractivity contribution in [1.82, 2.24) is 4.90 Å². The first-order valence-electron chi connectivity index (χ1n) is 9.65. The maximum atomic E-state index is 5.75. The Morgan fingerprint density at radius 1 is 1.07 bits per heavy atom. The van der Waals surface area contributed by atoms with E-state index in [0.717, 1.165) is 48.9 Å². The predicted octanol–water partition coefficient (Wildman–Crippen LogP) is 4.04. The summed E-state index contributed by atoms with van der Waals surface area (Å²) in [5, 5.41) is 0. The Balaban J connectivity index is 1.65. The molecule has 0 saturated heterocycles. The molecule has 2 atom stereocenters. The molecule has 0 unspecified atom stereocenters. The molecule has 27 heavy (non-hydrogen) atoms. The first-order valence-corrected chi connectivity index (χ1v) is 9.65. The van der Waals surface area contributed by atoms with Gasteiger partial charge in [0, 0.05) is 30.6 Å². The van der Waals surface area contributed by atoms with E-state index in [4.69, 9.17) is 18.9 Å². The lowest BCUT2D eigenvalue weighted by molar-refractivity contribution is 0.129. The summed E-state index contributed by atoms with van der Waals surface area (Å²) in [6, 6.07) is 9.02. The third-order valence-electron chi connectivity index (χ3n) is 6.28. The highest BCUT2D eigenvalue weighted by Gasteiger charge is 2.40. The number of benzene rings is 2. The van der Waals surface area contributed by atoms with E-state index >= 15 is 0 Å². The van der Waals surface area contributed by atoms with Crippen molar-refractivity contribution in [3.05, 3.63) is 46.5 Å². The molecule has 0 bridgehead atoms. The molecule has 142 valence electrons. The zero-order chi connectivity index (χ0) is 18.5. The lowest BCUT2D eigenvalue weighted by Gasteiger charge is -2.46. The van der Waals surface area contributed by atoms with Crippen LogP contribution in [0.1, 0.15) is 47.6 Å². The molecule has 0 aliphatic carbocycles. The zero-order valence-corrected chi connectivity index (χ0v) is 16.1. The van der Waals surface area contributed by atoms with Gasteiger partial charge in [-0.15, -0.1) is 0 Å². The lowest BCUT2D eigenvalue weighted by Crippen LogP contribution is -2.41.